The van der Waals surface area contributed by atoms with Gasteiger partial charge in [0.2, 0.25) is 11.8 Å². The Morgan fingerprint density at radius 1 is 1.09 bits per heavy atom. The molecule has 1 aliphatic carbocycles. The highest BCUT2D eigenvalue weighted by Gasteiger charge is 2.41. The SMILES string of the molecule is COc1ccc(N2C(=O)C[C@H](Sc3nc4c(cc3C#N)C[C@H](c3ccccc3)CC4)C2=O)cc1. The number of hydrogen-bond donors (Lipinski definition) is 0. The van der Waals surface area contributed by atoms with Crippen molar-refractivity contribution >= 4 is 29.3 Å². The van der Waals surface area contributed by atoms with E-state index < -0.39 is 5.25 Å². The predicted octanol–water partition coefficient (Wildman–Crippen LogP) is 4.66. The van der Waals surface area contributed by atoms with Crippen molar-refractivity contribution in [2.75, 3.05) is 12.0 Å². The zero-order valence-corrected chi connectivity index (χ0v) is 19.5. The number of aryl methyl sites for hydroxylation is 1. The third-order valence-electron chi connectivity index (χ3n) is 6.43. The van der Waals surface area contributed by atoms with E-state index >= 15 is 0 Å². The Balaban J connectivity index is 1.36. The maximum Gasteiger partial charge on any atom is 0.247 e. The first-order valence-electron chi connectivity index (χ1n) is 11.2. The molecule has 0 unspecified atom stereocenters. The fourth-order valence-corrected chi connectivity index (χ4v) is 5.75. The molecular formula is C27H23N3O3S. The van der Waals surface area contributed by atoms with Gasteiger partial charge in [0, 0.05) is 12.1 Å². The molecule has 2 amide bonds. The van der Waals surface area contributed by atoms with Crippen LogP contribution in [0.1, 0.15) is 41.1 Å². The summed E-state index contributed by atoms with van der Waals surface area (Å²) in [5.41, 5.74) is 4.36. The maximum absolute atomic E-state index is 13.1. The molecule has 1 aromatic heterocycles. The monoisotopic (exact) mass is 469 g/mol. The summed E-state index contributed by atoms with van der Waals surface area (Å²) >= 11 is 1.22. The van der Waals surface area contributed by atoms with Crippen molar-refractivity contribution in [3.8, 4) is 11.8 Å². The van der Waals surface area contributed by atoms with Gasteiger partial charge in [0.15, 0.2) is 0 Å². The summed E-state index contributed by atoms with van der Waals surface area (Å²) < 4.78 is 5.16. The van der Waals surface area contributed by atoms with Crippen LogP contribution in [0.3, 0.4) is 0 Å². The summed E-state index contributed by atoms with van der Waals surface area (Å²) in [6, 6.07) is 21.4. The first-order valence-corrected chi connectivity index (χ1v) is 12.1. The Morgan fingerprint density at radius 2 is 1.85 bits per heavy atom. The average Bonchev–Trinajstić information content (AvgIpc) is 3.16. The van der Waals surface area contributed by atoms with Gasteiger partial charge in [0.25, 0.3) is 0 Å². The molecule has 170 valence electrons. The Morgan fingerprint density at radius 3 is 2.56 bits per heavy atom. The normalized spacial score (nSPS) is 19.6. The van der Waals surface area contributed by atoms with Gasteiger partial charge in [-0.25, -0.2) is 9.88 Å². The number of rotatable bonds is 5. The highest BCUT2D eigenvalue weighted by molar-refractivity contribution is 8.00. The molecule has 0 saturated carbocycles. The topological polar surface area (TPSA) is 83.3 Å². The zero-order valence-electron chi connectivity index (χ0n) is 18.7. The largest absolute Gasteiger partial charge is 0.497 e. The van der Waals surface area contributed by atoms with Crippen molar-refractivity contribution in [3.63, 3.8) is 0 Å². The number of carbonyl (C=O) groups excluding carboxylic acids is 2. The van der Waals surface area contributed by atoms with Gasteiger partial charge in [0.05, 0.1) is 23.6 Å². The minimum Gasteiger partial charge on any atom is -0.497 e. The fraction of sp³-hybridized carbons (Fsp3) is 0.259. The maximum atomic E-state index is 13.1. The minimum absolute atomic E-state index is 0.0786. The predicted molar refractivity (Wildman–Crippen MR) is 130 cm³/mol. The van der Waals surface area contributed by atoms with Gasteiger partial charge in [-0.3, -0.25) is 9.59 Å². The smallest absolute Gasteiger partial charge is 0.247 e. The number of imide groups is 1. The third-order valence-corrected chi connectivity index (χ3v) is 7.62. The van der Waals surface area contributed by atoms with Crippen LogP contribution < -0.4 is 9.64 Å². The second-order valence-corrected chi connectivity index (χ2v) is 9.68. The highest BCUT2D eigenvalue weighted by Crippen LogP contribution is 2.38. The molecular weight excluding hydrogens is 446 g/mol. The summed E-state index contributed by atoms with van der Waals surface area (Å²) in [4.78, 5) is 31.8. The molecule has 0 bridgehead atoms. The molecule has 7 heteroatoms. The second-order valence-electron chi connectivity index (χ2n) is 8.49. The molecule has 0 radical (unpaired) electrons. The van der Waals surface area contributed by atoms with Crippen molar-refractivity contribution in [1.82, 2.24) is 4.98 Å². The van der Waals surface area contributed by atoms with E-state index in [2.05, 4.69) is 30.3 Å². The number of carbonyl (C=O) groups is 2. The minimum atomic E-state index is -0.604. The number of methoxy groups -OCH3 is 1. The van der Waals surface area contributed by atoms with Crippen LogP contribution in [0.4, 0.5) is 5.69 Å². The van der Waals surface area contributed by atoms with E-state index in [1.165, 1.54) is 22.2 Å². The van der Waals surface area contributed by atoms with Crippen molar-refractivity contribution in [3.05, 3.63) is 83.0 Å². The molecule has 0 N–H and O–H groups in total. The summed E-state index contributed by atoms with van der Waals surface area (Å²) in [6.07, 6.45) is 2.74. The molecule has 2 heterocycles. The molecule has 34 heavy (non-hydrogen) atoms. The number of hydrogen-bond acceptors (Lipinski definition) is 6. The van der Waals surface area contributed by atoms with Crippen LogP contribution in [0.5, 0.6) is 5.75 Å². The van der Waals surface area contributed by atoms with Gasteiger partial charge in [-0.05, 0) is 66.6 Å². The molecule has 6 nitrogen and oxygen atoms in total. The number of amides is 2. The van der Waals surface area contributed by atoms with Crippen molar-refractivity contribution < 1.29 is 14.3 Å². The fourth-order valence-electron chi connectivity index (χ4n) is 4.66. The quantitative estimate of drug-likeness (QED) is 0.506. The van der Waals surface area contributed by atoms with Gasteiger partial charge in [-0.2, -0.15) is 5.26 Å². The summed E-state index contributed by atoms with van der Waals surface area (Å²) in [7, 11) is 1.56. The van der Waals surface area contributed by atoms with E-state index in [0.29, 0.717) is 27.9 Å². The lowest BCUT2D eigenvalue weighted by Gasteiger charge is -2.25. The van der Waals surface area contributed by atoms with E-state index in [1.54, 1.807) is 31.4 Å². The lowest BCUT2D eigenvalue weighted by molar-refractivity contribution is -0.121. The van der Waals surface area contributed by atoms with Gasteiger partial charge >= 0.3 is 0 Å². The number of pyridine rings is 1. The van der Waals surface area contributed by atoms with Gasteiger partial charge in [-0.1, -0.05) is 42.1 Å². The van der Waals surface area contributed by atoms with Crippen LogP contribution in [-0.2, 0) is 22.4 Å². The Labute approximate surface area is 202 Å². The highest BCUT2D eigenvalue weighted by atomic mass is 32.2. The number of nitriles is 1. The number of nitrogens with zero attached hydrogens (tertiary/aromatic N) is 3. The number of anilines is 1. The molecule has 1 aliphatic heterocycles. The molecule has 2 atom stereocenters. The molecule has 5 rings (SSSR count). The second kappa shape index (κ2) is 9.32. The van der Waals surface area contributed by atoms with E-state index in [4.69, 9.17) is 9.72 Å². The number of ether oxygens (including phenoxy) is 1. The van der Waals surface area contributed by atoms with Crippen molar-refractivity contribution in [1.29, 1.82) is 5.26 Å². The van der Waals surface area contributed by atoms with Crippen LogP contribution in [0.25, 0.3) is 0 Å². The standard InChI is InChI=1S/C27H23N3O3S/c1-33-22-10-8-21(9-11-22)30-25(31)15-24(27(30)32)34-26-20(16-28)14-19-13-18(7-12-23(19)29-26)17-5-3-2-4-6-17/h2-6,8-11,14,18,24H,7,12-13,15H2,1H3/t18-,24+/m1/s1. The van der Waals surface area contributed by atoms with E-state index in [0.717, 1.165) is 30.5 Å². The molecule has 2 aliphatic rings. The first-order chi connectivity index (χ1) is 16.6. The zero-order chi connectivity index (χ0) is 23.7. The number of aromatic nitrogens is 1. The third kappa shape index (κ3) is 4.17. The van der Waals surface area contributed by atoms with Gasteiger partial charge in [0.1, 0.15) is 16.8 Å². The van der Waals surface area contributed by atoms with Gasteiger partial charge < -0.3 is 4.74 Å². The molecule has 2 aromatic carbocycles. The van der Waals surface area contributed by atoms with Crippen LogP contribution in [0.2, 0.25) is 0 Å². The van der Waals surface area contributed by atoms with Crippen molar-refractivity contribution in [2.45, 2.75) is 41.9 Å². The summed E-state index contributed by atoms with van der Waals surface area (Å²) in [5.74, 6) is 0.524. The summed E-state index contributed by atoms with van der Waals surface area (Å²) in [5, 5.41) is 9.72. The van der Waals surface area contributed by atoms with Gasteiger partial charge in [-0.15, -0.1) is 0 Å². The Bertz CT molecular complexity index is 1280. The van der Waals surface area contributed by atoms with E-state index in [1.807, 2.05) is 12.1 Å². The van der Waals surface area contributed by atoms with Crippen LogP contribution >= 0.6 is 11.8 Å². The van der Waals surface area contributed by atoms with E-state index in [-0.39, 0.29) is 18.2 Å². The first kappa shape index (κ1) is 22.2. The molecule has 3 aromatic rings. The number of thioether (sulfide) groups is 1. The Kier molecular flexibility index (Phi) is 6.08. The molecule has 1 saturated heterocycles. The van der Waals surface area contributed by atoms with Crippen LogP contribution in [-0.4, -0.2) is 29.2 Å². The van der Waals surface area contributed by atoms with Crippen LogP contribution in [0, 0.1) is 11.3 Å². The lowest BCUT2D eigenvalue weighted by atomic mass is 9.82. The average molecular weight is 470 g/mol. The molecule has 0 spiro atoms. The number of benzene rings is 2. The van der Waals surface area contributed by atoms with Crippen molar-refractivity contribution in [2.24, 2.45) is 0 Å². The Hall–Kier alpha value is -3.63. The summed E-state index contributed by atoms with van der Waals surface area (Å²) in [6.45, 7) is 0. The van der Waals surface area contributed by atoms with Crippen LogP contribution in [0.15, 0.2) is 65.7 Å². The lowest BCUT2D eigenvalue weighted by Crippen LogP contribution is -2.31. The van der Waals surface area contributed by atoms with E-state index in [9.17, 15) is 14.9 Å². The number of fused-ring (bicyclic) bond motifs is 1. The molecule has 1 fully saturated rings.